The number of hydrogen-bond acceptors (Lipinski definition) is 4. The van der Waals surface area contributed by atoms with Crippen LogP contribution in [0.15, 0.2) is 47.8 Å². The molecule has 0 aliphatic heterocycles. The van der Waals surface area contributed by atoms with Gasteiger partial charge in [-0.15, -0.1) is 0 Å². The van der Waals surface area contributed by atoms with Crippen molar-refractivity contribution in [2.45, 2.75) is 13.8 Å². The van der Waals surface area contributed by atoms with Gasteiger partial charge in [-0.05, 0) is 31.6 Å². The first-order valence-electron chi connectivity index (χ1n) is 6.67. The highest BCUT2D eigenvalue weighted by molar-refractivity contribution is 5.97. The van der Waals surface area contributed by atoms with Crippen LogP contribution in [0.4, 0.5) is 0 Å². The topological polar surface area (TPSA) is 73.6 Å². The van der Waals surface area contributed by atoms with Gasteiger partial charge in [0.2, 0.25) is 0 Å². The first-order chi connectivity index (χ1) is 10.0. The van der Waals surface area contributed by atoms with Crippen molar-refractivity contribution in [2.24, 2.45) is 0 Å². The normalized spacial score (nSPS) is 12.1. The number of amides is 1. The molecule has 0 aromatic carbocycles. The number of likely N-dealkylation sites (N-methyl/N-ethyl adjacent to an activating group) is 1. The summed E-state index contributed by atoms with van der Waals surface area (Å²) in [7, 11) is 1.47. The number of methoxy groups -OCH3 is 1. The molecule has 0 aromatic heterocycles. The predicted octanol–water partition coefficient (Wildman–Crippen LogP) is 1.94. The summed E-state index contributed by atoms with van der Waals surface area (Å²) in [5.41, 5.74) is 0.574. The predicted molar refractivity (Wildman–Crippen MR) is 82.1 cm³/mol. The molecule has 0 heterocycles. The van der Waals surface area contributed by atoms with E-state index in [4.69, 9.17) is 9.84 Å². The van der Waals surface area contributed by atoms with Gasteiger partial charge in [0.05, 0.1) is 13.7 Å². The summed E-state index contributed by atoms with van der Waals surface area (Å²) in [5.74, 6) is 0.0604. The van der Waals surface area contributed by atoms with Crippen LogP contribution < -0.4 is 0 Å². The van der Waals surface area contributed by atoms with Crippen LogP contribution in [0.2, 0.25) is 0 Å². The van der Waals surface area contributed by atoms with E-state index in [-0.39, 0.29) is 18.1 Å². The Morgan fingerprint density at radius 2 is 2.00 bits per heavy atom. The molecule has 0 saturated heterocycles. The summed E-state index contributed by atoms with van der Waals surface area (Å²) in [6, 6.07) is 1.91. The van der Waals surface area contributed by atoms with Gasteiger partial charge in [-0.25, -0.2) is 0 Å². The van der Waals surface area contributed by atoms with Gasteiger partial charge < -0.3 is 14.7 Å². The van der Waals surface area contributed by atoms with E-state index in [1.807, 2.05) is 19.9 Å². The largest absolute Gasteiger partial charge is 0.497 e. The molecule has 0 unspecified atom stereocenters. The molecule has 0 radical (unpaired) electrons. The number of nitrogens with zero attached hydrogens (tertiary/aromatic N) is 2. The van der Waals surface area contributed by atoms with Gasteiger partial charge in [0.1, 0.15) is 17.4 Å². The molecule has 0 spiro atoms. The fourth-order valence-electron chi connectivity index (χ4n) is 1.56. The number of nitriles is 1. The Labute approximate surface area is 126 Å². The van der Waals surface area contributed by atoms with Crippen molar-refractivity contribution in [3.8, 4) is 6.07 Å². The number of ether oxygens (including phenoxy) is 1. The summed E-state index contributed by atoms with van der Waals surface area (Å²) in [6.07, 6.45) is 6.13. The Morgan fingerprint density at radius 3 is 2.43 bits per heavy atom. The van der Waals surface area contributed by atoms with E-state index in [1.54, 1.807) is 17.1 Å². The summed E-state index contributed by atoms with van der Waals surface area (Å²) in [4.78, 5) is 13.7. The highest BCUT2D eigenvalue weighted by atomic mass is 16.5. The molecule has 0 aliphatic carbocycles. The molecule has 0 atom stereocenters. The Morgan fingerprint density at radius 1 is 1.38 bits per heavy atom. The first-order valence-corrected chi connectivity index (χ1v) is 6.67. The van der Waals surface area contributed by atoms with Crippen LogP contribution in [0.1, 0.15) is 13.8 Å². The van der Waals surface area contributed by atoms with Crippen LogP contribution in [0.25, 0.3) is 0 Å². The Kier molecular flexibility index (Phi) is 9.31. The van der Waals surface area contributed by atoms with E-state index >= 15 is 0 Å². The zero-order valence-corrected chi connectivity index (χ0v) is 12.8. The molecule has 0 aromatic rings. The summed E-state index contributed by atoms with van der Waals surface area (Å²) < 4.78 is 4.95. The fraction of sp³-hybridized carbons (Fsp3) is 0.375. The highest BCUT2D eigenvalue weighted by Crippen LogP contribution is 2.11. The van der Waals surface area contributed by atoms with E-state index < -0.39 is 0 Å². The lowest BCUT2D eigenvalue weighted by atomic mass is 10.1. The SMILES string of the molecule is C=C(/C=C(\C=C/CO)/C=C(\C#N)C(=O)N(CC)CC)OC. The Hall–Kier alpha value is -2.32. The molecule has 1 amide bonds. The second-order valence-electron chi connectivity index (χ2n) is 4.05. The van der Waals surface area contributed by atoms with E-state index in [2.05, 4.69) is 6.58 Å². The minimum absolute atomic E-state index is 0.0245. The second kappa shape index (κ2) is 10.5. The average Bonchev–Trinajstić information content (AvgIpc) is 2.50. The summed E-state index contributed by atoms with van der Waals surface area (Å²) >= 11 is 0. The maximum Gasteiger partial charge on any atom is 0.264 e. The quantitative estimate of drug-likeness (QED) is 0.321. The molecule has 0 aliphatic rings. The smallest absolute Gasteiger partial charge is 0.264 e. The van der Waals surface area contributed by atoms with Crippen molar-refractivity contribution < 1.29 is 14.6 Å². The molecule has 0 fully saturated rings. The maximum absolute atomic E-state index is 12.2. The number of allylic oxidation sites excluding steroid dienone is 4. The second-order valence-corrected chi connectivity index (χ2v) is 4.05. The molecular formula is C16H22N2O3. The van der Waals surface area contributed by atoms with Crippen LogP contribution in [-0.4, -0.2) is 42.7 Å². The van der Waals surface area contributed by atoms with Gasteiger partial charge in [0, 0.05) is 13.1 Å². The van der Waals surface area contributed by atoms with Crippen molar-refractivity contribution >= 4 is 5.91 Å². The van der Waals surface area contributed by atoms with Crippen LogP contribution >= 0.6 is 0 Å². The molecule has 114 valence electrons. The van der Waals surface area contributed by atoms with Crippen molar-refractivity contribution in [1.82, 2.24) is 4.90 Å². The van der Waals surface area contributed by atoms with E-state index in [1.165, 1.54) is 19.3 Å². The molecule has 1 N–H and O–H groups in total. The zero-order chi connectivity index (χ0) is 16.3. The van der Waals surface area contributed by atoms with Gasteiger partial charge in [0.15, 0.2) is 0 Å². The molecular weight excluding hydrogens is 268 g/mol. The van der Waals surface area contributed by atoms with Gasteiger partial charge >= 0.3 is 0 Å². The molecule has 5 nitrogen and oxygen atoms in total. The highest BCUT2D eigenvalue weighted by Gasteiger charge is 2.15. The van der Waals surface area contributed by atoms with Crippen molar-refractivity contribution in [3.63, 3.8) is 0 Å². The van der Waals surface area contributed by atoms with Crippen molar-refractivity contribution in [2.75, 3.05) is 26.8 Å². The number of rotatable bonds is 8. The summed E-state index contributed by atoms with van der Waals surface area (Å²) in [6.45, 7) is 8.29. The number of aliphatic hydroxyl groups excluding tert-OH is 1. The number of aliphatic hydroxyl groups is 1. The minimum Gasteiger partial charge on any atom is -0.497 e. The third-order valence-electron chi connectivity index (χ3n) is 2.72. The van der Waals surface area contributed by atoms with Gasteiger partial charge in [-0.2, -0.15) is 5.26 Å². The van der Waals surface area contributed by atoms with Gasteiger partial charge in [0.25, 0.3) is 5.91 Å². The van der Waals surface area contributed by atoms with Gasteiger partial charge in [-0.3, -0.25) is 4.79 Å². The lowest BCUT2D eigenvalue weighted by Gasteiger charge is -2.17. The Bertz CT molecular complexity index is 492. The lowest BCUT2D eigenvalue weighted by molar-refractivity contribution is -0.126. The van der Waals surface area contributed by atoms with Crippen LogP contribution in [0.5, 0.6) is 0 Å². The third kappa shape index (κ3) is 6.59. The maximum atomic E-state index is 12.2. The molecule has 21 heavy (non-hydrogen) atoms. The minimum atomic E-state index is -0.325. The molecule has 0 rings (SSSR count). The average molecular weight is 290 g/mol. The van der Waals surface area contributed by atoms with E-state index in [0.717, 1.165) is 0 Å². The standard InChI is InChI=1S/C16H22N2O3/c1-5-18(6-2)16(20)15(12-17)11-14(8-7-9-19)10-13(3)21-4/h7-8,10-11,19H,3,5-6,9H2,1-2,4H3/b8-7-,14-10+,15-11+. The lowest BCUT2D eigenvalue weighted by Crippen LogP contribution is -2.31. The Balaban J connectivity index is 5.54. The molecule has 0 bridgehead atoms. The number of carbonyl (C=O) groups is 1. The number of carbonyl (C=O) groups excluding carboxylic acids is 1. The first kappa shape index (κ1) is 18.7. The van der Waals surface area contributed by atoms with Crippen molar-refractivity contribution in [3.05, 3.63) is 47.8 Å². The number of hydrogen-bond donors (Lipinski definition) is 1. The van der Waals surface area contributed by atoms with Crippen LogP contribution in [0.3, 0.4) is 0 Å². The fourth-order valence-corrected chi connectivity index (χ4v) is 1.56. The third-order valence-corrected chi connectivity index (χ3v) is 2.72. The van der Waals surface area contributed by atoms with E-state index in [9.17, 15) is 10.1 Å². The molecule has 5 heteroatoms. The monoisotopic (exact) mass is 290 g/mol. The summed E-state index contributed by atoms with van der Waals surface area (Å²) in [5, 5.41) is 18.0. The van der Waals surface area contributed by atoms with Crippen LogP contribution in [0, 0.1) is 11.3 Å². The zero-order valence-electron chi connectivity index (χ0n) is 12.8. The van der Waals surface area contributed by atoms with Crippen LogP contribution in [-0.2, 0) is 9.53 Å². The molecule has 0 saturated carbocycles. The van der Waals surface area contributed by atoms with E-state index in [0.29, 0.717) is 24.4 Å². The van der Waals surface area contributed by atoms with Gasteiger partial charge in [-0.1, -0.05) is 18.7 Å². The van der Waals surface area contributed by atoms with Crippen molar-refractivity contribution in [1.29, 1.82) is 5.26 Å².